The normalized spacial score (nSPS) is 18.6. The summed E-state index contributed by atoms with van der Waals surface area (Å²) in [7, 11) is 1.49. The zero-order chi connectivity index (χ0) is 30.1. The summed E-state index contributed by atoms with van der Waals surface area (Å²) in [6.07, 6.45) is -0.515. The monoisotopic (exact) mass is 580 g/mol. The molecule has 3 aromatic carbocycles. The number of rotatable bonds is 2. The van der Waals surface area contributed by atoms with E-state index in [0.29, 0.717) is 34.9 Å². The Morgan fingerprint density at radius 2 is 1.84 bits per heavy atom. The van der Waals surface area contributed by atoms with Gasteiger partial charge < -0.3 is 29.7 Å². The van der Waals surface area contributed by atoms with Crippen LogP contribution in [0.25, 0.3) is 10.9 Å². The number of aromatic nitrogens is 1. The van der Waals surface area contributed by atoms with Gasteiger partial charge in [-0.05, 0) is 61.4 Å². The first-order valence-corrected chi connectivity index (χ1v) is 14.1. The maximum Gasteiger partial charge on any atom is 0.258 e. The van der Waals surface area contributed by atoms with Gasteiger partial charge in [0.1, 0.15) is 11.9 Å². The molecule has 1 aromatic heterocycles. The molecular weight excluding hydrogens is 548 g/mol. The maximum atomic E-state index is 13.9. The van der Waals surface area contributed by atoms with Gasteiger partial charge in [-0.25, -0.2) is 0 Å². The van der Waals surface area contributed by atoms with E-state index in [-0.39, 0.29) is 43.2 Å². The van der Waals surface area contributed by atoms with Crippen LogP contribution in [0.4, 0.5) is 0 Å². The van der Waals surface area contributed by atoms with Crippen molar-refractivity contribution in [3.63, 3.8) is 0 Å². The fourth-order valence-electron chi connectivity index (χ4n) is 5.46. The van der Waals surface area contributed by atoms with Crippen LogP contribution in [0.15, 0.2) is 66.7 Å². The highest BCUT2D eigenvalue weighted by molar-refractivity contribution is 5.99. The summed E-state index contributed by atoms with van der Waals surface area (Å²) in [5.41, 5.74) is 4.27. The predicted molar refractivity (Wildman–Crippen MR) is 160 cm³/mol. The zero-order valence-electron chi connectivity index (χ0n) is 24.2. The third-order valence-electron chi connectivity index (χ3n) is 7.82. The number of hydrogen-bond donors (Lipinski definition) is 2. The van der Waals surface area contributed by atoms with Gasteiger partial charge in [-0.3, -0.25) is 19.4 Å². The third kappa shape index (κ3) is 5.81. The molecule has 2 atom stereocenters. The van der Waals surface area contributed by atoms with Crippen LogP contribution >= 0.6 is 0 Å². The van der Waals surface area contributed by atoms with Crippen molar-refractivity contribution < 1.29 is 28.6 Å². The van der Waals surface area contributed by atoms with Gasteiger partial charge in [0.2, 0.25) is 0 Å². The van der Waals surface area contributed by atoms with Gasteiger partial charge in [0, 0.05) is 24.0 Å². The Balaban J connectivity index is 1.31. The molecule has 43 heavy (non-hydrogen) atoms. The summed E-state index contributed by atoms with van der Waals surface area (Å²) < 4.78 is 17.4. The van der Waals surface area contributed by atoms with Crippen molar-refractivity contribution >= 4 is 28.6 Å². The molecule has 220 valence electrons. The summed E-state index contributed by atoms with van der Waals surface area (Å²) in [5.74, 6) is 0.394. The first-order chi connectivity index (χ1) is 20.8. The van der Waals surface area contributed by atoms with Crippen molar-refractivity contribution in [3.8, 4) is 17.2 Å². The van der Waals surface area contributed by atoms with Crippen molar-refractivity contribution in [1.29, 1.82) is 0 Å². The molecule has 3 aliphatic rings. The largest absolute Gasteiger partial charge is 0.493 e. The summed E-state index contributed by atoms with van der Waals surface area (Å²) in [6, 6.07) is 19.4. The molecule has 3 amide bonds. The highest BCUT2D eigenvalue weighted by atomic mass is 16.5. The number of fused-ring (bicyclic) bond motifs is 8. The average Bonchev–Trinajstić information content (AvgIpc) is 3.40. The Morgan fingerprint density at radius 3 is 2.63 bits per heavy atom. The minimum Gasteiger partial charge on any atom is -0.493 e. The van der Waals surface area contributed by atoms with Gasteiger partial charge in [-0.1, -0.05) is 30.3 Å². The molecule has 1 saturated heterocycles. The van der Waals surface area contributed by atoms with Crippen LogP contribution in [-0.4, -0.2) is 66.6 Å². The first-order valence-electron chi connectivity index (χ1n) is 14.1. The number of carbonyl (C=O) groups excluding carboxylic acids is 3. The lowest BCUT2D eigenvalue weighted by Gasteiger charge is -2.21. The second kappa shape index (κ2) is 11.6. The fraction of sp³-hybridized carbons (Fsp3) is 0.273. The van der Waals surface area contributed by atoms with Gasteiger partial charge in [0.25, 0.3) is 17.7 Å². The van der Waals surface area contributed by atoms with E-state index in [4.69, 9.17) is 19.2 Å². The quantitative estimate of drug-likeness (QED) is 0.372. The molecule has 2 N–H and O–H groups in total. The highest BCUT2D eigenvalue weighted by Crippen LogP contribution is 2.29. The molecule has 7 rings (SSSR count). The van der Waals surface area contributed by atoms with E-state index in [2.05, 4.69) is 10.6 Å². The second-order valence-electron chi connectivity index (χ2n) is 10.8. The van der Waals surface area contributed by atoms with E-state index < -0.39 is 12.1 Å². The Labute approximate surface area is 248 Å². The molecule has 0 aliphatic carbocycles. The van der Waals surface area contributed by atoms with Crippen LogP contribution in [0.1, 0.15) is 37.5 Å². The maximum absolute atomic E-state index is 13.9. The van der Waals surface area contributed by atoms with E-state index in [1.54, 1.807) is 17.0 Å². The van der Waals surface area contributed by atoms with E-state index in [0.717, 1.165) is 22.0 Å². The highest BCUT2D eigenvalue weighted by Gasteiger charge is 2.39. The SMILES string of the molecule is COc1ccc2cc1OCC(=O)NCc1ccc(cc1)O[C@H]1CN(C(=O)c3cc4cccc(C)c4nc3C)C[C@@H]1NC2=O. The molecule has 4 aromatic rings. The fourth-order valence-corrected chi connectivity index (χ4v) is 5.46. The minimum absolute atomic E-state index is 0.174. The molecule has 1 fully saturated rings. The number of benzene rings is 3. The van der Waals surface area contributed by atoms with Crippen LogP contribution in [0.2, 0.25) is 0 Å². The molecule has 4 heterocycles. The van der Waals surface area contributed by atoms with Crippen LogP contribution < -0.4 is 24.8 Å². The predicted octanol–water partition coefficient (Wildman–Crippen LogP) is 3.57. The van der Waals surface area contributed by atoms with Gasteiger partial charge in [0.15, 0.2) is 18.1 Å². The standard InChI is InChI=1S/C33H32N4O6/c1-19-5-4-6-22-13-25(20(2)35-31(19)22)33(40)37-16-26-29(17-37)43-24-10-7-21(8-11-24)15-34-30(38)18-42-28-14-23(32(39)36-26)9-12-27(28)41-3/h4-14,26,29H,15-18H2,1-3H3,(H,34,38)(H,36,39)/t26-,29-/m0/s1. The van der Waals surface area contributed by atoms with Crippen LogP contribution in [-0.2, 0) is 11.3 Å². The topological polar surface area (TPSA) is 119 Å². The Hall–Kier alpha value is -5.12. The van der Waals surface area contributed by atoms with Crippen molar-refractivity contribution in [1.82, 2.24) is 20.5 Å². The Bertz CT molecular complexity index is 1720. The Kier molecular flexibility index (Phi) is 7.58. The van der Waals surface area contributed by atoms with E-state index >= 15 is 0 Å². The van der Waals surface area contributed by atoms with Crippen LogP contribution in [0.3, 0.4) is 0 Å². The smallest absolute Gasteiger partial charge is 0.258 e. The number of hydrogen-bond acceptors (Lipinski definition) is 7. The number of methoxy groups -OCH3 is 1. The molecular formula is C33H32N4O6. The van der Waals surface area contributed by atoms with Crippen molar-refractivity contribution in [2.45, 2.75) is 32.5 Å². The van der Waals surface area contributed by atoms with Gasteiger partial charge in [-0.2, -0.15) is 0 Å². The molecule has 0 saturated carbocycles. The third-order valence-corrected chi connectivity index (χ3v) is 7.82. The van der Waals surface area contributed by atoms with Crippen molar-refractivity contribution in [3.05, 3.63) is 94.7 Å². The molecule has 0 unspecified atom stereocenters. The molecule has 4 bridgehead atoms. The number of pyridine rings is 1. The number of nitrogens with one attached hydrogen (secondary N) is 2. The van der Waals surface area contributed by atoms with E-state index in [9.17, 15) is 14.4 Å². The van der Waals surface area contributed by atoms with Crippen LogP contribution in [0, 0.1) is 13.8 Å². The van der Waals surface area contributed by atoms with Crippen molar-refractivity contribution in [2.75, 3.05) is 26.8 Å². The summed E-state index contributed by atoms with van der Waals surface area (Å²) in [4.78, 5) is 46.2. The molecule has 10 nitrogen and oxygen atoms in total. The summed E-state index contributed by atoms with van der Waals surface area (Å²) in [6.45, 7) is 4.42. The summed E-state index contributed by atoms with van der Waals surface area (Å²) >= 11 is 0. The first kappa shape index (κ1) is 28.0. The number of carbonyl (C=O) groups is 3. The number of amides is 3. The number of nitrogens with zero attached hydrogens (tertiary/aromatic N) is 2. The lowest BCUT2D eigenvalue weighted by Crippen LogP contribution is -2.45. The van der Waals surface area contributed by atoms with E-state index in [1.165, 1.54) is 13.2 Å². The number of aryl methyl sites for hydroxylation is 2. The van der Waals surface area contributed by atoms with Crippen LogP contribution in [0.5, 0.6) is 17.2 Å². The zero-order valence-corrected chi connectivity index (χ0v) is 24.2. The number of para-hydroxylation sites is 1. The lowest BCUT2D eigenvalue weighted by atomic mass is 10.1. The summed E-state index contributed by atoms with van der Waals surface area (Å²) in [5, 5.41) is 6.78. The van der Waals surface area contributed by atoms with Gasteiger partial charge in [-0.15, -0.1) is 0 Å². The lowest BCUT2D eigenvalue weighted by molar-refractivity contribution is -0.123. The number of likely N-dealkylation sites (tertiary alicyclic amines) is 1. The second-order valence-corrected chi connectivity index (χ2v) is 10.8. The minimum atomic E-state index is -0.515. The Morgan fingerprint density at radius 1 is 1.02 bits per heavy atom. The van der Waals surface area contributed by atoms with Gasteiger partial charge >= 0.3 is 0 Å². The molecule has 0 radical (unpaired) electrons. The van der Waals surface area contributed by atoms with Crippen molar-refractivity contribution in [2.24, 2.45) is 0 Å². The molecule has 0 spiro atoms. The van der Waals surface area contributed by atoms with Gasteiger partial charge in [0.05, 0.1) is 36.5 Å². The number of ether oxygens (including phenoxy) is 3. The molecule has 3 aliphatic heterocycles. The van der Waals surface area contributed by atoms with E-state index in [1.807, 2.05) is 62.4 Å². The average molecular weight is 581 g/mol. The molecule has 10 heteroatoms.